The second-order valence-electron chi connectivity index (χ2n) is 3.90. The van der Waals surface area contributed by atoms with E-state index in [9.17, 15) is 0 Å². The van der Waals surface area contributed by atoms with Crippen LogP contribution in [0.3, 0.4) is 0 Å². The number of hydrogen-bond donors (Lipinski definition) is 1. The summed E-state index contributed by atoms with van der Waals surface area (Å²) in [7, 11) is 0. The van der Waals surface area contributed by atoms with E-state index in [-0.39, 0.29) is 0 Å². The molecular weight excluding hydrogens is 202 g/mol. The highest BCUT2D eigenvalue weighted by molar-refractivity contribution is 8.03. The largest absolute Gasteiger partial charge is 0.375 e. The number of thioether (sulfide) groups is 1. The van der Waals surface area contributed by atoms with Crippen molar-refractivity contribution in [3.63, 3.8) is 0 Å². The minimum absolute atomic E-state index is 1.01. The van der Waals surface area contributed by atoms with E-state index in [1.54, 1.807) is 0 Å². The Morgan fingerprint density at radius 1 is 1.20 bits per heavy atom. The molecule has 0 aromatic heterocycles. The Labute approximate surface area is 94.3 Å². The Hall–Kier alpha value is -1.15. The van der Waals surface area contributed by atoms with Crippen molar-refractivity contribution in [1.82, 2.24) is 5.32 Å². The first-order valence-electron chi connectivity index (χ1n) is 5.23. The van der Waals surface area contributed by atoms with E-state index in [0.717, 1.165) is 18.7 Å². The molecule has 1 nitrogen and oxygen atoms in total. The van der Waals surface area contributed by atoms with Crippen LogP contribution >= 0.6 is 11.8 Å². The van der Waals surface area contributed by atoms with Crippen LogP contribution in [-0.2, 0) is 6.42 Å². The summed E-state index contributed by atoms with van der Waals surface area (Å²) in [6.45, 7) is 4.22. The molecule has 0 unspecified atom stereocenters. The van der Waals surface area contributed by atoms with E-state index in [1.165, 1.54) is 27.3 Å². The van der Waals surface area contributed by atoms with Crippen LogP contribution in [0.2, 0.25) is 0 Å². The van der Waals surface area contributed by atoms with Crippen LogP contribution in [0.4, 0.5) is 0 Å². The minimum Gasteiger partial charge on any atom is -0.375 e. The molecule has 0 atom stereocenters. The van der Waals surface area contributed by atoms with E-state index in [2.05, 4.69) is 36.2 Å². The van der Waals surface area contributed by atoms with Gasteiger partial charge >= 0.3 is 0 Å². The Morgan fingerprint density at radius 3 is 3.00 bits per heavy atom. The molecule has 1 aliphatic heterocycles. The highest BCUT2D eigenvalue weighted by atomic mass is 32.2. The maximum atomic E-state index is 4.22. The number of allylic oxidation sites excluding steroid dienone is 2. The molecule has 2 aliphatic rings. The Balaban J connectivity index is 2.12. The summed E-state index contributed by atoms with van der Waals surface area (Å²) >= 11 is 1.92. The van der Waals surface area contributed by atoms with E-state index in [1.807, 2.05) is 11.8 Å². The van der Waals surface area contributed by atoms with Gasteiger partial charge in [0.15, 0.2) is 0 Å². The lowest BCUT2D eigenvalue weighted by molar-refractivity contribution is 0.975. The molecule has 0 bridgehead atoms. The summed E-state index contributed by atoms with van der Waals surface area (Å²) in [5.41, 5.74) is 5.20. The molecular formula is C13H13NS. The molecule has 1 aromatic carbocycles. The van der Waals surface area contributed by atoms with Gasteiger partial charge in [0.25, 0.3) is 0 Å². The number of rotatable bonds is 0. The number of nitrogens with one attached hydrogen (secondary N) is 1. The van der Waals surface area contributed by atoms with Crippen LogP contribution in [0, 0.1) is 0 Å². The molecule has 15 heavy (non-hydrogen) atoms. The summed E-state index contributed by atoms with van der Waals surface area (Å²) in [6, 6.07) is 8.60. The number of aryl methyl sites for hydroxylation is 1. The summed E-state index contributed by atoms with van der Waals surface area (Å²) in [6.07, 6.45) is 2.30. The molecule has 0 spiro atoms. The van der Waals surface area contributed by atoms with Gasteiger partial charge in [0, 0.05) is 4.91 Å². The topological polar surface area (TPSA) is 12.0 Å². The second-order valence-corrected chi connectivity index (χ2v) is 4.97. The number of fused-ring (bicyclic) bond motifs is 1. The predicted octanol–water partition coefficient (Wildman–Crippen LogP) is 3.15. The summed E-state index contributed by atoms with van der Waals surface area (Å²) in [5.74, 6) is 1.01. The normalized spacial score (nSPS) is 19.3. The van der Waals surface area contributed by atoms with Gasteiger partial charge in [-0.1, -0.05) is 30.8 Å². The third kappa shape index (κ3) is 1.40. The first-order chi connectivity index (χ1) is 7.36. The molecule has 0 saturated carbocycles. The van der Waals surface area contributed by atoms with Crippen molar-refractivity contribution < 1.29 is 0 Å². The van der Waals surface area contributed by atoms with Crippen molar-refractivity contribution in [2.24, 2.45) is 0 Å². The van der Waals surface area contributed by atoms with Crippen molar-refractivity contribution in [2.75, 3.05) is 5.88 Å². The molecule has 0 fully saturated rings. The third-order valence-corrected chi connectivity index (χ3v) is 4.09. The zero-order valence-corrected chi connectivity index (χ0v) is 9.36. The number of benzene rings is 1. The van der Waals surface area contributed by atoms with Gasteiger partial charge in [0.05, 0.1) is 11.6 Å². The van der Waals surface area contributed by atoms with Crippen LogP contribution < -0.4 is 5.32 Å². The van der Waals surface area contributed by atoms with Gasteiger partial charge in [-0.2, -0.15) is 0 Å². The molecule has 1 aromatic rings. The van der Waals surface area contributed by atoms with Crippen LogP contribution in [0.1, 0.15) is 17.5 Å². The van der Waals surface area contributed by atoms with E-state index >= 15 is 0 Å². The lowest BCUT2D eigenvalue weighted by Crippen LogP contribution is -2.08. The summed E-state index contributed by atoms with van der Waals surface area (Å²) in [4.78, 5) is 1.48. The lowest BCUT2D eigenvalue weighted by atomic mass is 9.99. The van der Waals surface area contributed by atoms with Gasteiger partial charge in [-0.3, -0.25) is 0 Å². The highest BCUT2D eigenvalue weighted by Gasteiger charge is 2.22. The van der Waals surface area contributed by atoms with Gasteiger partial charge in [-0.05, 0) is 29.5 Å². The maximum Gasteiger partial charge on any atom is 0.0655 e. The van der Waals surface area contributed by atoms with Crippen molar-refractivity contribution in [1.29, 1.82) is 0 Å². The minimum atomic E-state index is 1.01. The Kier molecular flexibility index (Phi) is 2.10. The molecule has 0 amide bonds. The van der Waals surface area contributed by atoms with Crippen LogP contribution in [-0.4, -0.2) is 5.88 Å². The molecule has 0 radical (unpaired) electrons. The SMILES string of the molecule is C=C1C2=C(CCc3ccccc31)SCN2. The molecule has 1 N–H and O–H groups in total. The zero-order valence-electron chi connectivity index (χ0n) is 8.55. The fourth-order valence-corrected chi connectivity index (χ4v) is 3.23. The van der Waals surface area contributed by atoms with E-state index in [4.69, 9.17) is 0 Å². The molecule has 2 heteroatoms. The Morgan fingerprint density at radius 2 is 2.07 bits per heavy atom. The molecule has 76 valence electrons. The van der Waals surface area contributed by atoms with Crippen LogP contribution in [0.15, 0.2) is 41.4 Å². The zero-order chi connectivity index (χ0) is 10.3. The molecule has 0 saturated heterocycles. The van der Waals surface area contributed by atoms with Crippen LogP contribution in [0.5, 0.6) is 0 Å². The smallest absolute Gasteiger partial charge is 0.0655 e. The lowest BCUT2D eigenvalue weighted by Gasteiger charge is -2.10. The van der Waals surface area contributed by atoms with Crippen molar-refractivity contribution in [2.45, 2.75) is 12.8 Å². The Bertz CT molecular complexity index is 459. The average Bonchev–Trinajstić information content (AvgIpc) is 2.69. The molecule has 3 rings (SSSR count). The van der Waals surface area contributed by atoms with Crippen molar-refractivity contribution in [3.05, 3.63) is 52.6 Å². The predicted molar refractivity (Wildman–Crippen MR) is 66.4 cm³/mol. The average molecular weight is 215 g/mol. The number of hydrogen-bond acceptors (Lipinski definition) is 2. The van der Waals surface area contributed by atoms with Gasteiger partial charge < -0.3 is 5.32 Å². The van der Waals surface area contributed by atoms with Crippen LogP contribution in [0.25, 0.3) is 5.57 Å². The van der Waals surface area contributed by atoms with Gasteiger partial charge in [-0.25, -0.2) is 0 Å². The maximum absolute atomic E-state index is 4.22. The van der Waals surface area contributed by atoms with E-state index in [0.29, 0.717) is 0 Å². The van der Waals surface area contributed by atoms with Gasteiger partial charge in [0.1, 0.15) is 0 Å². The molecule has 1 aliphatic carbocycles. The second kappa shape index (κ2) is 3.46. The fourth-order valence-electron chi connectivity index (χ4n) is 2.25. The standard InChI is InChI=1S/C13H13NS/c1-9-11-5-3-2-4-10(11)6-7-12-13(9)14-8-15-12/h2-5,14H,1,6-8H2. The summed E-state index contributed by atoms with van der Waals surface area (Å²) in [5, 5.41) is 3.43. The van der Waals surface area contributed by atoms with Crippen molar-refractivity contribution in [3.8, 4) is 0 Å². The first-order valence-corrected chi connectivity index (χ1v) is 6.22. The van der Waals surface area contributed by atoms with Gasteiger partial charge in [-0.15, -0.1) is 11.8 Å². The molecule has 1 heterocycles. The monoisotopic (exact) mass is 215 g/mol. The fraction of sp³-hybridized carbons (Fsp3) is 0.231. The van der Waals surface area contributed by atoms with Gasteiger partial charge in [0.2, 0.25) is 0 Å². The quantitative estimate of drug-likeness (QED) is 0.713. The van der Waals surface area contributed by atoms with E-state index < -0.39 is 0 Å². The van der Waals surface area contributed by atoms with Crippen molar-refractivity contribution >= 4 is 17.3 Å². The summed E-state index contributed by atoms with van der Waals surface area (Å²) < 4.78 is 0. The highest BCUT2D eigenvalue weighted by Crippen LogP contribution is 2.39. The third-order valence-electron chi connectivity index (χ3n) is 3.04. The first kappa shape index (κ1) is 9.10.